The van der Waals surface area contributed by atoms with Crippen LogP contribution in [0.15, 0.2) is 24.3 Å². The average molecular weight is 572 g/mol. The Morgan fingerprint density at radius 3 is 1.06 bits per heavy atom. The quantitative estimate of drug-likeness (QED) is 0.241. The van der Waals surface area contributed by atoms with Gasteiger partial charge in [0.2, 0.25) is 0 Å². The summed E-state index contributed by atoms with van der Waals surface area (Å²) in [5.41, 5.74) is 9.58. The zero-order chi connectivity index (χ0) is 25.0. The Morgan fingerprint density at radius 2 is 0.848 bits per heavy atom. The van der Waals surface area contributed by atoms with Gasteiger partial charge in [-0.05, 0) is 82.3 Å². The maximum absolute atomic E-state index is 2.53. The van der Waals surface area contributed by atoms with Gasteiger partial charge >= 0.3 is 34.6 Å². The molecule has 0 spiro atoms. The fourth-order valence-corrected chi connectivity index (χ4v) is 8.71. The number of unbranched alkanes of at least 4 members (excludes halogenated alkanes) is 1. The van der Waals surface area contributed by atoms with E-state index >= 15 is 0 Å². The molecule has 0 atom stereocenters. The van der Waals surface area contributed by atoms with Crippen LogP contribution in [-0.4, -0.2) is 28.6 Å². The first-order valence-corrected chi connectivity index (χ1v) is 24.0. The second kappa shape index (κ2) is 16.2. The van der Waals surface area contributed by atoms with Crippen molar-refractivity contribution in [3.8, 4) is 0 Å². The molecule has 0 aliphatic heterocycles. The van der Waals surface area contributed by atoms with E-state index in [9.17, 15) is 0 Å². The Hall–Kier alpha value is -0.544. The van der Waals surface area contributed by atoms with Gasteiger partial charge in [-0.15, -0.1) is 0 Å². The van der Waals surface area contributed by atoms with E-state index in [4.69, 9.17) is 0 Å². The van der Waals surface area contributed by atoms with Gasteiger partial charge in [0, 0.05) is 0 Å². The predicted octanol–water partition coefficient (Wildman–Crippen LogP) is 7.84. The van der Waals surface area contributed by atoms with Crippen LogP contribution in [0.4, 0.5) is 0 Å². The van der Waals surface area contributed by atoms with Crippen LogP contribution in [0.5, 0.6) is 0 Å². The van der Waals surface area contributed by atoms with E-state index in [0.717, 1.165) is 38.5 Å². The van der Waals surface area contributed by atoms with Gasteiger partial charge in [0.25, 0.3) is 0 Å². The molecular formula is C31H52SiSn. The predicted molar refractivity (Wildman–Crippen MR) is 157 cm³/mol. The number of aryl methyl sites for hydroxylation is 6. The zero-order valence-corrected chi connectivity index (χ0v) is 27.5. The third-order valence-electron chi connectivity index (χ3n) is 6.45. The standard InChI is InChI=1S/C28H43Si.3CH3.Sn/c1-8-15-16-29(27-23(11-4)17-21(9-2)18-24(27)12-5)28-25(13-6)19-22(10-3)20-26(28)14-7;;;;/h17-20H,8-16H2,1-7H3;3*1H3;. The molecule has 0 unspecified atom stereocenters. The van der Waals surface area contributed by atoms with Crippen LogP contribution in [0.1, 0.15) is 94.7 Å². The molecule has 2 aromatic rings. The second-order valence-electron chi connectivity index (χ2n) is 9.78. The molecule has 0 aliphatic rings. The molecule has 2 radical (unpaired) electrons. The van der Waals surface area contributed by atoms with Crippen molar-refractivity contribution in [1.29, 1.82) is 0 Å². The van der Waals surface area contributed by atoms with E-state index < -0.39 is 28.6 Å². The van der Waals surface area contributed by atoms with Gasteiger partial charge in [-0.2, -0.15) is 0 Å². The monoisotopic (exact) mass is 572 g/mol. The SMILES string of the molecule is CCCC[Si](c1c(CC)cc(CC)cc1CC)c1c(CC)cc(CC)cc1CC.[CH3][Sn]([CH3])[CH3]. The summed E-state index contributed by atoms with van der Waals surface area (Å²) >= 11 is -0.543. The van der Waals surface area contributed by atoms with Crippen molar-refractivity contribution in [3.05, 3.63) is 57.6 Å². The van der Waals surface area contributed by atoms with Crippen molar-refractivity contribution in [3.63, 3.8) is 0 Å². The van der Waals surface area contributed by atoms with Gasteiger partial charge in [0.05, 0.1) is 0 Å². The molecule has 0 aliphatic carbocycles. The molecule has 0 aromatic heterocycles. The molecule has 2 rings (SSSR count). The number of hydrogen-bond acceptors (Lipinski definition) is 0. The third-order valence-corrected chi connectivity index (χ3v) is 9.79. The van der Waals surface area contributed by atoms with E-state index in [1.807, 2.05) is 0 Å². The van der Waals surface area contributed by atoms with E-state index in [0.29, 0.717) is 0 Å². The Labute approximate surface area is 216 Å². The van der Waals surface area contributed by atoms with E-state index in [1.54, 1.807) is 32.6 Å². The van der Waals surface area contributed by atoms with Crippen molar-refractivity contribution in [2.24, 2.45) is 0 Å². The Morgan fingerprint density at radius 1 is 0.545 bits per heavy atom. The molecule has 2 heteroatoms. The van der Waals surface area contributed by atoms with Crippen molar-refractivity contribution in [1.82, 2.24) is 0 Å². The van der Waals surface area contributed by atoms with Crippen LogP contribution in [-0.2, 0) is 38.5 Å². The van der Waals surface area contributed by atoms with Gasteiger partial charge in [-0.3, -0.25) is 0 Å². The first-order valence-electron chi connectivity index (χ1n) is 13.7. The van der Waals surface area contributed by atoms with Crippen LogP contribution >= 0.6 is 0 Å². The van der Waals surface area contributed by atoms with Gasteiger partial charge in [-0.1, -0.05) is 91.6 Å². The normalized spacial score (nSPS) is 11.2. The fraction of sp³-hybridized carbons (Fsp3) is 0.613. The van der Waals surface area contributed by atoms with Crippen LogP contribution in [0.2, 0.25) is 20.9 Å². The summed E-state index contributed by atoms with van der Waals surface area (Å²) < 4.78 is 0. The summed E-state index contributed by atoms with van der Waals surface area (Å²) in [6, 6.07) is 11.5. The van der Waals surface area contributed by atoms with Crippen LogP contribution in [0.3, 0.4) is 0 Å². The third kappa shape index (κ3) is 8.87. The Balaban J connectivity index is 0.00000125. The van der Waals surface area contributed by atoms with Crippen LogP contribution in [0.25, 0.3) is 0 Å². The molecule has 0 nitrogen and oxygen atoms in total. The number of rotatable bonds is 11. The summed E-state index contributed by atoms with van der Waals surface area (Å²) in [5.74, 6) is 0. The molecule has 2 aromatic carbocycles. The summed E-state index contributed by atoms with van der Waals surface area (Å²) in [6.45, 7) is 16.4. The molecule has 0 N–H and O–H groups in total. The van der Waals surface area contributed by atoms with Crippen molar-refractivity contribution < 1.29 is 0 Å². The summed E-state index contributed by atoms with van der Waals surface area (Å²) in [4.78, 5) is 7.09. The van der Waals surface area contributed by atoms with Gasteiger partial charge in [0.15, 0.2) is 0 Å². The topological polar surface area (TPSA) is 0 Å². The molecule has 184 valence electrons. The van der Waals surface area contributed by atoms with E-state index in [1.165, 1.54) is 30.0 Å². The van der Waals surface area contributed by atoms with Crippen molar-refractivity contribution in [2.45, 2.75) is 121 Å². The molecule has 33 heavy (non-hydrogen) atoms. The molecule has 0 bridgehead atoms. The van der Waals surface area contributed by atoms with Gasteiger partial charge in [0.1, 0.15) is 8.80 Å². The molecule has 0 heterocycles. The summed E-state index contributed by atoms with van der Waals surface area (Å²) in [7, 11) is -0.779. The number of benzene rings is 2. The second-order valence-corrected chi connectivity index (χ2v) is 20.8. The minimum atomic E-state index is -0.779. The zero-order valence-electron chi connectivity index (χ0n) is 23.7. The van der Waals surface area contributed by atoms with Gasteiger partial charge < -0.3 is 0 Å². The van der Waals surface area contributed by atoms with E-state index in [-0.39, 0.29) is 0 Å². The summed E-state index contributed by atoms with van der Waals surface area (Å²) in [5, 5.41) is 3.53. The molecule has 0 saturated carbocycles. The fourth-order valence-electron chi connectivity index (χ4n) is 4.71. The molecule has 0 saturated heterocycles. The molecular weight excluding hydrogens is 519 g/mol. The van der Waals surface area contributed by atoms with Crippen LogP contribution in [0, 0.1) is 0 Å². The summed E-state index contributed by atoms with van der Waals surface area (Å²) in [6.07, 6.45) is 9.56. The maximum atomic E-state index is 2.53. The van der Waals surface area contributed by atoms with Crippen LogP contribution < -0.4 is 10.4 Å². The van der Waals surface area contributed by atoms with E-state index in [2.05, 4.69) is 87.6 Å². The van der Waals surface area contributed by atoms with Gasteiger partial charge in [-0.25, -0.2) is 0 Å². The first-order chi connectivity index (χ1) is 15.8. The van der Waals surface area contributed by atoms with Crippen molar-refractivity contribution in [2.75, 3.05) is 0 Å². The Kier molecular flexibility index (Phi) is 15.0. The molecule has 0 amide bonds. The average Bonchev–Trinajstić information content (AvgIpc) is 2.82. The Bertz CT molecular complexity index is 721. The number of hydrogen-bond donors (Lipinski definition) is 0. The van der Waals surface area contributed by atoms with Crippen molar-refractivity contribution >= 4 is 38.9 Å². The first kappa shape index (κ1) is 30.5. The molecule has 0 fully saturated rings. The minimum absolute atomic E-state index is 0.543.